The Hall–Kier alpha value is -4.95. The van der Waals surface area contributed by atoms with Crippen LogP contribution in [0.5, 0.6) is 0 Å². The molecule has 0 aliphatic heterocycles. The van der Waals surface area contributed by atoms with E-state index < -0.39 is 5.97 Å². The van der Waals surface area contributed by atoms with Gasteiger partial charge in [0.15, 0.2) is 5.78 Å². The number of aryl methyl sites for hydroxylation is 2. The molecule has 0 N–H and O–H groups in total. The highest BCUT2D eigenvalue weighted by Gasteiger charge is 2.17. The lowest BCUT2D eigenvalue weighted by molar-refractivity contribution is -0.140. The summed E-state index contributed by atoms with van der Waals surface area (Å²) < 4.78 is 2.24. The Kier molecular flexibility index (Phi) is 7.89. The highest BCUT2D eigenvalue weighted by molar-refractivity contribution is 6.16. The van der Waals surface area contributed by atoms with Gasteiger partial charge in [0, 0.05) is 70.4 Å². The van der Waals surface area contributed by atoms with Crippen LogP contribution in [-0.4, -0.2) is 22.0 Å². The Labute approximate surface area is 234 Å². The number of carbonyl (C=O) groups excluding carboxylic acids is 2. The SMILES string of the molecule is CCn1c2ccc(C(=O)c3ccccc3C)cc2c2cc(/C(CCC#Cc3ccccc3)=N/OC(C)=O)ccc21. The van der Waals surface area contributed by atoms with Gasteiger partial charge in [0.05, 0.1) is 5.71 Å². The van der Waals surface area contributed by atoms with Crippen molar-refractivity contribution >= 4 is 39.3 Å². The van der Waals surface area contributed by atoms with E-state index in [1.807, 2.05) is 85.8 Å². The molecule has 0 saturated carbocycles. The number of ketones is 1. The average Bonchev–Trinajstić information content (AvgIpc) is 3.29. The number of fused-ring (bicyclic) bond motifs is 3. The van der Waals surface area contributed by atoms with Crippen molar-refractivity contribution in [3.05, 3.63) is 119 Å². The lowest BCUT2D eigenvalue weighted by atomic mass is 9.97. The van der Waals surface area contributed by atoms with Crippen molar-refractivity contribution in [2.45, 2.75) is 40.2 Å². The van der Waals surface area contributed by atoms with Gasteiger partial charge in [-0.15, -0.1) is 0 Å². The third-order valence-corrected chi connectivity index (χ3v) is 6.94. The van der Waals surface area contributed by atoms with Crippen molar-refractivity contribution < 1.29 is 14.4 Å². The van der Waals surface area contributed by atoms with Crippen LogP contribution >= 0.6 is 0 Å². The lowest BCUT2D eigenvalue weighted by Crippen LogP contribution is -2.04. The summed E-state index contributed by atoms with van der Waals surface area (Å²) in [7, 11) is 0. The molecular weight excluding hydrogens is 496 g/mol. The first-order valence-electron chi connectivity index (χ1n) is 13.4. The molecule has 1 aromatic heterocycles. The molecule has 0 fully saturated rings. The number of hydrogen-bond donors (Lipinski definition) is 0. The number of nitrogens with zero attached hydrogens (tertiary/aromatic N) is 2. The third kappa shape index (κ3) is 5.57. The molecule has 0 aliphatic rings. The average molecular weight is 527 g/mol. The molecule has 5 rings (SSSR count). The van der Waals surface area contributed by atoms with E-state index in [2.05, 4.69) is 40.6 Å². The van der Waals surface area contributed by atoms with Gasteiger partial charge in [0.1, 0.15) is 0 Å². The van der Waals surface area contributed by atoms with Gasteiger partial charge in [0.2, 0.25) is 0 Å². The maximum Gasteiger partial charge on any atom is 0.331 e. The normalized spacial score (nSPS) is 11.3. The van der Waals surface area contributed by atoms with E-state index in [1.54, 1.807) is 0 Å². The van der Waals surface area contributed by atoms with Gasteiger partial charge in [-0.2, -0.15) is 0 Å². The minimum absolute atomic E-state index is 0.00246. The van der Waals surface area contributed by atoms with Crippen LogP contribution in [0.2, 0.25) is 0 Å². The zero-order valence-corrected chi connectivity index (χ0v) is 22.9. The van der Waals surface area contributed by atoms with Gasteiger partial charge >= 0.3 is 5.97 Å². The van der Waals surface area contributed by atoms with Crippen LogP contribution in [0, 0.1) is 18.8 Å². The number of aromatic nitrogens is 1. The monoisotopic (exact) mass is 526 g/mol. The first-order chi connectivity index (χ1) is 19.5. The van der Waals surface area contributed by atoms with Gasteiger partial charge in [-0.05, 0) is 61.9 Å². The van der Waals surface area contributed by atoms with Crippen molar-refractivity contribution in [2.75, 3.05) is 0 Å². The quantitative estimate of drug-likeness (QED) is 0.0727. The second-order valence-electron chi connectivity index (χ2n) is 9.64. The summed E-state index contributed by atoms with van der Waals surface area (Å²) in [4.78, 5) is 30.0. The third-order valence-electron chi connectivity index (χ3n) is 6.94. The Bertz CT molecular complexity index is 1820. The molecule has 5 nitrogen and oxygen atoms in total. The summed E-state index contributed by atoms with van der Waals surface area (Å²) in [6, 6.07) is 29.5. The Morgan fingerprint density at radius 3 is 2.17 bits per heavy atom. The standard InChI is InChI=1S/C35H30N2O3/c1-4-37-33-20-18-27(32(36-40-25(3)38)17-11-9-15-26-13-6-5-7-14-26)22-30(33)31-23-28(19-21-34(31)37)35(39)29-16-10-8-12-24(29)2/h5-8,10,12-14,16,18-23H,4,11,17H2,1-3H3/b36-32+. The molecule has 0 unspecified atom stereocenters. The summed E-state index contributed by atoms with van der Waals surface area (Å²) in [5.41, 5.74) is 6.87. The molecule has 5 heteroatoms. The Morgan fingerprint density at radius 1 is 0.850 bits per heavy atom. The summed E-state index contributed by atoms with van der Waals surface area (Å²) in [6.07, 6.45) is 1.07. The molecule has 198 valence electrons. The van der Waals surface area contributed by atoms with Crippen LogP contribution < -0.4 is 0 Å². The zero-order chi connectivity index (χ0) is 28.1. The van der Waals surface area contributed by atoms with E-state index in [4.69, 9.17) is 4.84 Å². The molecule has 0 bridgehead atoms. The van der Waals surface area contributed by atoms with Crippen LogP contribution in [-0.2, 0) is 16.2 Å². The van der Waals surface area contributed by atoms with Gasteiger partial charge in [-0.3, -0.25) is 4.79 Å². The van der Waals surface area contributed by atoms with Crippen molar-refractivity contribution in [1.82, 2.24) is 4.57 Å². The topological polar surface area (TPSA) is 60.7 Å². The number of carbonyl (C=O) groups is 2. The molecule has 0 aliphatic carbocycles. The number of hydrogen-bond acceptors (Lipinski definition) is 4. The van der Waals surface area contributed by atoms with Crippen molar-refractivity contribution in [1.29, 1.82) is 0 Å². The number of rotatable bonds is 7. The van der Waals surface area contributed by atoms with E-state index in [9.17, 15) is 9.59 Å². The van der Waals surface area contributed by atoms with E-state index in [0.717, 1.165) is 45.0 Å². The Morgan fingerprint density at radius 2 is 1.50 bits per heavy atom. The van der Waals surface area contributed by atoms with Crippen molar-refractivity contribution in [2.24, 2.45) is 5.16 Å². The second-order valence-corrected chi connectivity index (χ2v) is 9.64. The van der Waals surface area contributed by atoms with Gasteiger partial charge in [-0.25, -0.2) is 4.79 Å². The molecular formula is C35H30N2O3. The molecule has 1 heterocycles. The Balaban J connectivity index is 1.55. The smallest absolute Gasteiger partial charge is 0.331 e. The van der Waals surface area contributed by atoms with E-state index in [-0.39, 0.29) is 5.78 Å². The molecule has 40 heavy (non-hydrogen) atoms. The highest BCUT2D eigenvalue weighted by atomic mass is 16.7. The van der Waals surface area contributed by atoms with Crippen LogP contribution in [0.25, 0.3) is 21.8 Å². The molecule has 4 aromatic carbocycles. The number of oxime groups is 1. The molecule has 0 amide bonds. The molecule has 5 aromatic rings. The lowest BCUT2D eigenvalue weighted by Gasteiger charge is -2.06. The fourth-order valence-corrected chi connectivity index (χ4v) is 4.98. The highest BCUT2D eigenvalue weighted by Crippen LogP contribution is 2.32. The maximum absolute atomic E-state index is 13.4. The van der Waals surface area contributed by atoms with E-state index in [0.29, 0.717) is 29.7 Å². The fourth-order valence-electron chi connectivity index (χ4n) is 4.98. The maximum atomic E-state index is 13.4. The largest absolute Gasteiger partial charge is 0.341 e. The molecule has 0 atom stereocenters. The summed E-state index contributed by atoms with van der Waals surface area (Å²) in [5, 5.41) is 6.19. The summed E-state index contributed by atoms with van der Waals surface area (Å²) >= 11 is 0. The predicted octanol–water partition coefficient (Wildman–Crippen LogP) is 7.45. The second kappa shape index (κ2) is 11.8. The molecule has 0 spiro atoms. The van der Waals surface area contributed by atoms with Crippen LogP contribution in [0.1, 0.15) is 59.3 Å². The first-order valence-corrected chi connectivity index (χ1v) is 13.4. The van der Waals surface area contributed by atoms with Crippen LogP contribution in [0.3, 0.4) is 0 Å². The van der Waals surface area contributed by atoms with Crippen molar-refractivity contribution in [3.8, 4) is 11.8 Å². The predicted molar refractivity (Wildman–Crippen MR) is 161 cm³/mol. The van der Waals surface area contributed by atoms with Crippen LogP contribution in [0.15, 0.2) is 96.2 Å². The van der Waals surface area contributed by atoms with Gasteiger partial charge < -0.3 is 9.40 Å². The molecule has 0 radical (unpaired) electrons. The van der Waals surface area contributed by atoms with Gasteiger partial charge in [0.25, 0.3) is 0 Å². The van der Waals surface area contributed by atoms with E-state index >= 15 is 0 Å². The van der Waals surface area contributed by atoms with Crippen LogP contribution in [0.4, 0.5) is 0 Å². The fraction of sp³-hybridized carbons (Fsp3) is 0.171. The number of benzene rings is 4. The van der Waals surface area contributed by atoms with Gasteiger partial charge in [-0.1, -0.05) is 65.5 Å². The summed E-state index contributed by atoms with van der Waals surface area (Å²) in [5.74, 6) is 5.89. The zero-order valence-electron chi connectivity index (χ0n) is 22.9. The minimum atomic E-state index is -0.476. The van der Waals surface area contributed by atoms with Crippen molar-refractivity contribution in [3.63, 3.8) is 0 Å². The molecule has 0 saturated heterocycles. The first kappa shape index (κ1) is 26.6. The summed E-state index contributed by atoms with van der Waals surface area (Å²) in [6.45, 7) is 6.18. The minimum Gasteiger partial charge on any atom is -0.341 e. The van der Waals surface area contributed by atoms with E-state index in [1.165, 1.54) is 6.92 Å².